The molecule has 0 bridgehead atoms. The summed E-state index contributed by atoms with van der Waals surface area (Å²) in [5.41, 5.74) is 0.139. The Bertz CT molecular complexity index is 634. The lowest BCUT2D eigenvalue weighted by atomic mass is 10.0. The average molecular weight is 352 g/mol. The van der Waals surface area contributed by atoms with E-state index in [1.165, 1.54) is 12.1 Å². The van der Waals surface area contributed by atoms with Gasteiger partial charge in [0.1, 0.15) is 11.9 Å². The van der Waals surface area contributed by atoms with E-state index in [1.54, 1.807) is 0 Å². The van der Waals surface area contributed by atoms with Crippen molar-refractivity contribution >= 4 is 27.5 Å². The van der Waals surface area contributed by atoms with Gasteiger partial charge in [-0.25, -0.2) is 13.2 Å². The van der Waals surface area contributed by atoms with Gasteiger partial charge >= 0.3 is 0 Å². The van der Waals surface area contributed by atoms with Crippen molar-refractivity contribution < 1.29 is 18.3 Å². The fraction of sp³-hybridized carbons (Fsp3) is 0.0769. The Morgan fingerprint density at radius 1 is 1.00 bits per heavy atom. The van der Waals surface area contributed by atoms with Crippen molar-refractivity contribution in [3.8, 4) is 0 Å². The Kier molecular flexibility index (Phi) is 4.18. The van der Waals surface area contributed by atoms with Gasteiger partial charge in [-0.15, -0.1) is 0 Å². The van der Waals surface area contributed by atoms with Crippen molar-refractivity contribution in [3.05, 3.63) is 68.4 Å². The molecule has 0 saturated carbocycles. The highest BCUT2D eigenvalue weighted by Gasteiger charge is 2.19. The molecule has 100 valence electrons. The van der Waals surface area contributed by atoms with Gasteiger partial charge in [-0.2, -0.15) is 0 Å². The largest absolute Gasteiger partial charge is 0.384 e. The first-order valence-electron chi connectivity index (χ1n) is 5.17. The standard InChI is InChI=1S/C13H7BrClF3O/c14-9-2-1-6(16)3-7(9)13(19)8-4-11(17)12(18)5-10(8)15/h1-5,13,19H. The molecule has 1 N–H and O–H groups in total. The number of aliphatic hydroxyl groups is 1. The topological polar surface area (TPSA) is 20.2 Å². The highest BCUT2D eigenvalue weighted by atomic mass is 79.9. The van der Waals surface area contributed by atoms with Crippen LogP contribution in [0.3, 0.4) is 0 Å². The van der Waals surface area contributed by atoms with Gasteiger partial charge in [-0.3, -0.25) is 0 Å². The van der Waals surface area contributed by atoms with E-state index >= 15 is 0 Å². The molecule has 2 rings (SSSR count). The maximum absolute atomic E-state index is 13.2. The molecule has 1 nitrogen and oxygen atoms in total. The van der Waals surface area contributed by atoms with Crippen molar-refractivity contribution in [2.75, 3.05) is 0 Å². The molecule has 0 heterocycles. The van der Waals surface area contributed by atoms with Gasteiger partial charge in [0.15, 0.2) is 11.6 Å². The summed E-state index contributed by atoms with van der Waals surface area (Å²) in [4.78, 5) is 0. The number of hydrogen-bond acceptors (Lipinski definition) is 1. The van der Waals surface area contributed by atoms with Gasteiger partial charge in [0, 0.05) is 20.6 Å². The SMILES string of the molecule is OC(c1cc(F)c(F)cc1Cl)c1cc(F)ccc1Br. The van der Waals surface area contributed by atoms with Crippen molar-refractivity contribution in [2.45, 2.75) is 6.10 Å². The minimum Gasteiger partial charge on any atom is -0.384 e. The molecular formula is C13H7BrClF3O. The summed E-state index contributed by atoms with van der Waals surface area (Å²) >= 11 is 8.91. The molecule has 0 aliphatic carbocycles. The van der Waals surface area contributed by atoms with Crippen molar-refractivity contribution in [2.24, 2.45) is 0 Å². The Morgan fingerprint density at radius 2 is 1.63 bits per heavy atom. The Morgan fingerprint density at radius 3 is 2.32 bits per heavy atom. The Balaban J connectivity index is 2.52. The van der Waals surface area contributed by atoms with Crippen LogP contribution in [-0.2, 0) is 0 Å². The van der Waals surface area contributed by atoms with E-state index in [-0.39, 0.29) is 16.1 Å². The first-order chi connectivity index (χ1) is 8.90. The molecule has 2 aromatic carbocycles. The van der Waals surface area contributed by atoms with Crippen LogP contribution < -0.4 is 0 Å². The predicted molar refractivity (Wildman–Crippen MR) is 69.5 cm³/mol. The number of halogens is 5. The number of aliphatic hydroxyl groups excluding tert-OH is 1. The molecule has 0 saturated heterocycles. The summed E-state index contributed by atoms with van der Waals surface area (Å²) in [6, 6.07) is 5.25. The third-order valence-electron chi connectivity index (χ3n) is 2.59. The smallest absolute Gasteiger partial charge is 0.160 e. The summed E-state index contributed by atoms with van der Waals surface area (Å²) in [5, 5.41) is 9.99. The second-order valence-electron chi connectivity index (χ2n) is 3.86. The number of hydrogen-bond donors (Lipinski definition) is 1. The summed E-state index contributed by atoms with van der Waals surface area (Å²) in [6.45, 7) is 0. The van der Waals surface area contributed by atoms with Crippen LogP contribution in [0, 0.1) is 17.5 Å². The molecule has 2 aromatic rings. The van der Waals surface area contributed by atoms with Gasteiger partial charge in [-0.05, 0) is 30.3 Å². The van der Waals surface area contributed by atoms with E-state index in [4.69, 9.17) is 11.6 Å². The van der Waals surface area contributed by atoms with E-state index in [9.17, 15) is 18.3 Å². The first kappa shape index (κ1) is 14.4. The van der Waals surface area contributed by atoms with E-state index in [0.717, 1.165) is 18.2 Å². The van der Waals surface area contributed by atoms with Crippen LogP contribution in [0.25, 0.3) is 0 Å². The van der Waals surface area contributed by atoms with Gasteiger partial charge in [0.25, 0.3) is 0 Å². The van der Waals surface area contributed by atoms with Crippen LogP contribution in [-0.4, -0.2) is 5.11 Å². The second kappa shape index (κ2) is 5.53. The van der Waals surface area contributed by atoms with Crippen LogP contribution in [0.5, 0.6) is 0 Å². The van der Waals surface area contributed by atoms with Gasteiger partial charge in [0.05, 0.1) is 0 Å². The molecular weight excluding hydrogens is 344 g/mol. The molecule has 0 aliphatic heterocycles. The van der Waals surface area contributed by atoms with Crippen molar-refractivity contribution in [1.29, 1.82) is 0 Å². The lowest BCUT2D eigenvalue weighted by Gasteiger charge is -2.15. The average Bonchev–Trinajstić information content (AvgIpc) is 2.36. The fourth-order valence-corrected chi connectivity index (χ4v) is 2.36. The summed E-state index contributed by atoms with van der Waals surface area (Å²) in [6.07, 6.45) is -1.37. The van der Waals surface area contributed by atoms with Gasteiger partial charge in [-0.1, -0.05) is 27.5 Å². The van der Waals surface area contributed by atoms with E-state index < -0.39 is 23.6 Å². The summed E-state index contributed by atoms with van der Waals surface area (Å²) < 4.78 is 39.7. The molecule has 0 radical (unpaired) electrons. The zero-order valence-corrected chi connectivity index (χ0v) is 11.6. The lowest BCUT2D eigenvalue weighted by Crippen LogP contribution is -2.04. The predicted octanol–water partition coefficient (Wildman–Crippen LogP) is 4.60. The van der Waals surface area contributed by atoms with E-state index in [0.29, 0.717) is 4.47 Å². The third-order valence-corrected chi connectivity index (χ3v) is 3.64. The molecule has 0 aromatic heterocycles. The first-order valence-corrected chi connectivity index (χ1v) is 6.34. The van der Waals surface area contributed by atoms with E-state index in [1.807, 2.05) is 0 Å². The van der Waals surface area contributed by atoms with Crippen LogP contribution in [0.4, 0.5) is 13.2 Å². The van der Waals surface area contributed by atoms with Crippen LogP contribution >= 0.6 is 27.5 Å². The van der Waals surface area contributed by atoms with Crippen molar-refractivity contribution in [3.63, 3.8) is 0 Å². The van der Waals surface area contributed by atoms with Gasteiger partial charge in [0.2, 0.25) is 0 Å². The third kappa shape index (κ3) is 2.94. The van der Waals surface area contributed by atoms with Crippen LogP contribution in [0.1, 0.15) is 17.2 Å². The molecule has 0 aliphatic rings. The zero-order valence-electron chi connectivity index (χ0n) is 9.30. The van der Waals surface area contributed by atoms with Crippen molar-refractivity contribution in [1.82, 2.24) is 0 Å². The molecule has 19 heavy (non-hydrogen) atoms. The molecule has 0 fully saturated rings. The normalized spacial score (nSPS) is 12.5. The maximum atomic E-state index is 13.2. The molecule has 1 unspecified atom stereocenters. The highest BCUT2D eigenvalue weighted by molar-refractivity contribution is 9.10. The number of benzene rings is 2. The van der Waals surface area contributed by atoms with Crippen LogP contribution in [0.2, 0.25) is 5.02 Å². The quantitative estimate of drug-likeness (QED) is 0.784. The monoisotopic (exact) mass is 350 g/mol. The fourth-order valence-electron chi connectivity index (χ4n) is 1.64. The maximum Gasteiger partial charge on any atom is 0.160 e. The van der Waals surface area contributed by atoms with Crippen LogP contribution in [0.15, 0.2) is 34.8 Å². The Labute approximate surface area is 120 Å². The summed E-state index contributed by atoms with van der Waals surface area (Å²) in [7, 11) is 0. The molecule has 0 spiro atoms. The van der Waals surface area contributed by atoms with Gasteiger partial charge < -0.3 is 5.11 Å². The van der Waals surface area contributed by atoms with E-state index in [2.05, 4.69) is 15.9 Å². The number of rotatable bonds is 2. The molecule has 0 amide bonds. The zero-order chi connectivity index (χ0) is 14.2. The highest BCUT2D eigenvalue weighted by Crippen LogP contribution is 2.33. The minimum absolute atomic E-state index is 0.0353. The molecule has 1 atom stereocenters. The summed E-state index contributed by atoms with van der Waals surface area (Å²) in [5.74, 6) is -2.80. The Hall–Kier alpha value is -1.04. The second-order valence-corrected chi connectivity index (χ2v) is 5.12. The molecule has 6 heteroatoms. The minimum atomic E-state index is -1.37. The lowest BCUT2D eigenvalue weighted by molar-refractivity contribution is 0.218.